The van der Waals surface area contributed by atoms with Crippen molar-refractivity contribution < 1.29 is 23.4 Å². The topological polar surface area (TPSA) is 135 Å². The normalized spacial score (nSPS) is 17.1. The van der Waals surface area contributed by atoms with Gasteiger partial charge < -0.3 is 21.1 Å². The Morgan fingerprint density at radius 3 is 2.57 bits per heavy atom. The molecule has 0 spiro atoms. The third-order valence-electron chi connectivity index (χ3n) is 7.18. The molecule has 2 aromatic carbocycles. The number of benzene rings is 2. The van der Waals surface area contributed by atoms with Gasteiger partial charge in [0.1, 0.15) is 0 Å². The van der Waals surface area contributed by atoms with Crippen molar-refractivity contribution in [3.8, 4) is 0 Å². The number of hydrogen-bond donors (Lipinski definition) is 6. The Morgan fingerprint density at radius 1 is 1.14 bits per heavy atom. The first kappa shape index (κ1) is 31.8. The van der Waals surface area contributed by atoms with E-state index in [1.807, 2.05) is 62.0 Å². The molecule has 230 valence electrons. The van der Waals surface area contributed by atoms with E-state index in [1.54, 1.807) is 6.20 Å². The summed E-state index contributed by atoms with van der Waals surface area (Å²) >= 11 is 0. The Labute approximate surface area is 248 Å². The van der Waals surface area contributed by atoms with Crippen molar-refractivity contribution in [2.75, 3.05) is 28.5 Å². The minimum atomic E-state index is -3.22. The predicted octanol–water partition coefficient (Wildman–Crippen LogP) is 4.62. The van der Waals surface area contributed by atoms with Crippen LogP contribution in [0.5, 0.6) is 0 Å². The molecule has 1 fully saturated rings. The van der Waals surface area contributed by atoms with Crippen LogP contribution < -0.4 is 20.3 Å². The van der Waals surface area contributed by atoms with Gasteiger partial charge in [0, 0.05) is 49.7 Å². The molecule has 1 saturated heterocycles. The summed E-state index contributed by atoms with van der Waals surface area (Å²) in [6.45, 7) is 7.55. The number of carbonyl (C=O) groups excluding carboxylic acids is 1. The molecular weight excluding hydrogens is 559 g/mol. The number of aliphatic hydroxyl groups is 1. The van der Waals surface area contributed by atoms with Crippen molar-refractivity contribution in [3.63, 3.8) is 0 Å². The second kappa shape index (κ2) is 14.3. The SMILES string of the molecule is CCn1cc(CNC[C@H](O)[C@H](Cc2ccccc2)NC(=O)c2cc(NC(C)C)cc(N3CCCCS3(O)O)c2F)cn1. The van der Waals surface area contributed by atoms with Crippen LogP contribution in [0.15, 0.2) is 54.9 Å². The number of aryl methyl sites for hydroxylation is 1. The Balaban J connectivity index is 1.58. The lowest BCUT2D eigenvalue weighted by atomic mass is 10.00. The first-order valence-corrected chi connectivity index (χ1v) is 16.1. The van der Waals surface area contributed by atoms with Crippen molar-refractivity contribution in [2.45, 2.75) is 71.3 Å². The number of nitrogens with zero attached hydrogens (tertiary/aromatic N) is 3. The zero-order chi connectivity index (χ0) is 30.3. The Hall–Kier alpha value is -3.16. The maximum Gasteiger partial charge on any atom is 0.254 e. The molecule has 3 aromatic rings. The van der Waals surface area contributed by atoms with Gasteiger partial charge >= 0.3 is 0 Å². The average Bonchev–Trinajstić information content (AvgIpc) is 3.41. The zero-order valence-corrected chi connectivity index (χ0v) is 25.3. The molecule has 42 heavy (non-hydrogen) atoms. The van der Waals surface area contributed by atoms with Gasteiger partial charge in [-0.1, -0.05) is 30.3 Å². The number of rotatable bonds is 13. The first-order chi connectivity index (χ1) is 20.1. The third-order valence-corrected chi connectivity index (χ3v) is 9.10. The number of aliphatic hydroxyl groups excluding tert-OH is 1. The van der Waals surface area contributed by atoms with Crippen LogP contribution in [0.3, 0.4) is 0 Å². The van der Waals surface area contributed by atoms with Crippen LogP contribution in [0.2, 0.25) is 0 Å². The molecule has 4 rings (SSSR count). The molecule has 0 unspecified atom stereocenters. The Kier molecular flexibility index (Phi) is 10.8. The van der Waals surface area contributed by atoms with Crippen LogP contribution >= 0.6 is 10.8 Å². The van der Waals surface area contributed by atoms with E-state index in [0.717, 1.165) is 17.7 Å². The standard InChI is InChI=1S/C30H43FN6O4S/c1-4-36-20-23(18-33-36)17-32-19-28(38)26(14-22-10-6-5-7-11-22)35-30(39)25-15-24(34-21(2)3)16-27(29(25)31)37-12-8-9-13-42(37,40)41/h5-7,10-11,15-16,18,20-21,26,28,32,34,38,40-41H,4,8-9,12-14,17,19H2,1-3H3,(H,35,39)/t26-,28-/m0/s1. The van der Waals surface area contributed by atoms with E-state index in [1.165, 1.54) is 16.4 Å². The van der Waals surface area contributed by atoms with Crippen LogP contribution in [0.1, 0.15) is 55.1 Å². The quantitative estimate of drug-likeness (QED) is 0.167. The summed E-state index contributed by atoms with van der Waals surface area (Å²) < 4.78 is 40.6. The van der Waals surface area contributed by atoms with E-state index in [9.17, 15) is 19.0 Å². The number of carbonyl (C=O) groups is 1. The fourth-order valence-corrected chi connectivity index (χ4v) is 6.71. The molecule has 0 aliphatic carbocycles. The fraction of sp³-hybridized carbons (Fsp3) is 0.467. The highest BCUT2D eigenvalue weighted by Gasteiger charge is 2.32. The molecule has 0 bridgehead atoms. The molecular formula is C30H43FN6O4S. The predicted molar refractivity (Wildman–Crippen MR) is 166 cm³/mol. The second-order valence-corrected chi connectivity index (χ2v) is 13.1. The lowest BCUT2D eigenvalue weighted by Crippen LogP contribution is -2.49. The van der Waals surface area contributed by atoms with Gasteiger partial charge in [-0.05, 0) is 57.7 Å². The largest absolute Gasteiger partial charge is 0.390 e. The van der Waals surface area contributed by atoms with Gasteiger partial charge in [-0.3, -0.25) is 22.9 Å². The highest BCUT2D eigenvalue weighted by atomic mass is 32.3. The van der Waals surface area contributed by atoms with Crippen LogP contribution in [0.25, 0.3) is 0 Å². The van der Waals surface area contributed by atoms with Crippen LogP contribution in [-0.2, 0) is 19.5 Å². The monoisotopic (exact) mass is 602 g/mol. The maximum atomic E-state index is 16.0. The molecule has 1 aliphatic heterocycles. The van der Waals surface area contributed by atoms with E-state index >= 15 is 4.39 Å². The molecule has 2 heterocycles. The van der Waals surface area contributed by atoms with E-state index in [2.05, 4.69) is 21.0 Å². The van der Waals surface area contributed by atoms with E-state index in [0.29, 0.717) is 31.5 Å². The summed E-state index contributed by atoms with van der Waals surface area (Å²) in [5, 5.41) is 24.7. The fourth-order valence-electron chi connectivity index (χ4n) is 5.03. The third kappa shape index (κ3) is 8.23. The first-order valence-electron chi connectivity index (χ1n) is 14.5. The summed E-state index contributed by atoms with van der Waals surface area (Å²) in [4.78, 5) is 13.7. The summed E-state index contributed by atoms with van der Waals surface area (Å²) in [5.41, 5.74) is 2.11. The van der Waals surface area contributed by atoms with Gasteiger partial charge in [0.05, 0.1) is 35.3 Å². The minimum absolute atomic E-state index is 0.0101. The molecule has 1 aliphatic rings. The highest BCUT2D eigenvalue weighted by Crippen LogP contribution is 2.51. The van der Waals surface area contributed by atoms with E-state index in [-0.39, 0.29) is 36.1 Å². The summed E-state index contributed by atoms with van der Waals surface area (Å²) in [5.74, 6) is -1.38. The van der Waals surface area contributed by atoms with Gasteiger partial charge in [0.25, 0.3) is 5.91 Å². The summed E-state index contributed by atoms with van der Waals surface area (Å²) in [6, 6.07) is 11.7. The number of hydrogen-bond acceptors (Lipinski definition) is 8. The minimum Gasteiger partial charge on any atom is -0.390 e. The van der Waals surface area contributed by atoms with Crippen molar-refractivity contribution in [1.29, 1.82) is 0 Å². The number of amides is 1. The molecule has 1 aromatic heterocycles. The molecule has 2 atom stereocenters. The molecule has 1 amide bonds. The van der Waals surface area contributed by atoms with Gasteiger partial charge in [0.15, 0.2) is 5.82 Å². The van der Waals surface area contributed by atoms with Gasteiger partial charge in [-0.25, -0.2) is 4.39 Å². The maximum absolute atomic E-state index is 16.0. The van der Waals surface area contributed by atoms with Crippen molar-refractivity contribution in [1.82, 2.24) is 20.4 Å². The molecule has 10 nitrogen and oxygen atoms in total. The molecule has 0 radical (unpaired) electrons. The summed E-state index contributed by atoms with van der Waals surface area (Å²) in [6.07, 6.45) is 4.35. The molecule has 0 saturated carbocycles. The van der Waals surface area contributed by atoms with Crippen LogP contribution in [-0.4, -0.2) is 66.9 Å². The zero-order valence-electron chi connectivity index (χ0n) is 24.5. The van der Waals surface area contributed by atoms with E-state index in [4.69, 9.17) is 0 Å². The van der Waals surface area contributed by atoms with Gasteiger partial charge in [-0.2, -0.15) is 5.10 Å². The lowest BCUT2D eigenvalue weighted by molar-refractivity contribution is 0.0826. The second-order valence-electron chi connectivity index (χ2n) is 11.0. The van der Waals surface area contributed by atoms with Crippen LogP contribution in [0.4, 0.5) is 15.8 Å². The average molecular weight is 603 g/mol. The molecule has 6 N–H and O–H groups in total. The van der Waals surface area contributed by atoms with Gasteiger partial charge in [-0.15, -0.1) is 10.8 Å². The number of anilines is 2. The number of halogens is 1. The lowest BCUT2D eigenvalue weighted by Gasteiger charge is -2.47. The van der Waals surface area contributed by atoms with Gasteiger partial charge in [0.2, 0.25) is 0 Å². The smallest absolute Gasteiger partial charge is 0.254 e. The number of aromatic nitrogens is 2. The molecule has 12 heteroatoms. The van der Waals surface area contributed by atoms with Crippen molar-refractivity contribution in [3.05, 3.63) is 77.4 Å². The van der Waals surface area contributed by atoms with E-state index < -0.39 is 34.6 Å². The Morgan fingerprint density at radius 2 is 1.90 bits per heavy atom. The van der Waals surface area contributed by atoms with Crippen molar-refractivity contribution >= 4 is 28.1 Å². The highest BCUT2D eigenvalue weighted by molar-refractivity contribution is 8.25. The Bertz CT molecular complexity index is 1320. The summed E-state index contributed by atoms with van der Waals surface area (Å²) in [7, 11) is -3.22. The van der Waals surface area contributed by atoms with Crippen molar-refractivity contribution in [2.24, 2.45) is 0 Å². The number of nitrogens with one attached hydrogen (secondary N) is 3. The van der Waals surface area contributed by atoms with Crippen LogP contribution in [0, 0.1) is 5.82 Å².